The molecule has 0 saturated heterocycles. The standard InChI is InChI=1S/C10H11NO5/c1-6(10(13)14)4-7-2-3-8(11(15)16)9(12)5-7/h2-3,5-6,12H,4H2,1H3,(H,13,14). The van der Waals surface area contributed by atoms with E-state index in [0.29, 0.717) is 5.56 Å². The van der Waals surface area contributed by atoms with Crippen molar-refractivity contribution in [3.05, 3.63) is 33.9 Å². The molecule has 0 saturated carbocycles. The van der Waals surface area contributed by atoms with E-state index in [1.165, 1.54) is 25.1 Å². The number of hydrogen-bond acceptors (Lipinski definition) is 4. The molecule has 1 rings (SSSR count). The predicted octanol–water partition coefficient (Wildman–Crippen LogP) is 1.56. The summed E-state index contributed by atoms with van der Waals surface area (Å²) in [7, 11) is 0. The number of rotatable bonds is 4. The number of benzene rings is 1. The Hall–Kier alpha value is -2.11. The smallest absolute Gasteiger partial charge is 0.310 e. The first kappa shape index (κ1) is 12.0. The van der Waals surface area contributed by atoms with Crippen molar-refractivity contribution in [2.75, 3.05) is 0 Å². The summed E-state index contributed by atoms with van der Waals surface area (Å²) >= 11 is 0. The Kier molecular flexibility index (Phi) is 3.44. The van der Waals surface area contributed by atoms with E-state index in [2.05, 4.69) is 0 Å². The zero-order valence-corrected chi connectivity index (χ0v) is 8.58. The first-order valence-electron chi connectivity index (χ1n) is 4.61. The van der Waals surface area contributed by atoms with Crippen LogP contribution in [0.3, 0.4) is 0 Å². The van der Waals surface area contributed by atoms with E-state index in [1.54, 1.807) is 0 Å². The summed E-state index contributed by atoms with van der Waals surface area (Å²) in [5.74, 6) is -1.99. The van der Waals surface area contributed by atoms with Crippen LogP contribution in [0.4, 0.5) is 5.69 Å². The van der Waals surface area contributed by atoms with Gasteiger partial charge in [0.1, 0.15) is 0 Å². The molecule has 1 aromatic rings. The molecule has 86 valence electrons. The minimum atomic E-state index is -0.946. The third kappa shape index (κ3) is 2.69. The quantitative estimate of drug-likeness (QED) is 0.598. The lowest BCUT2D eigenvalue weighted by atomic mass is 10.0. The molecule has 0 aromatic heterocycles. The van der Waals surface area contributed by atoms with E-state index in [9.17, 15) is 20.0 Å². The molecule has 0 spiro atoms. The van der Waals surface area contributed by atoms with E-state index < -0.39 is 22.6 Å². The summed E-state index contributed by atoms with van der Waals surface area (Å²) in [4.78, 5) is 20.3. The average molecular weight is 225 g/mol. The molecule has 0 aliphatic heterocycles. The number of nitrogens with zero attached hydrogens (tertiary/aromatic N) is 1. The zero-order valence-electron chi connectivity index (χ0n) is 8.58. The normalized spacial score (nSPS) is 12.1. The van der Waals surface area contributed by atoms with Crippen molar-refractivity contribution in [1.82, 2.24) is 0 Å². The molecule has 1 unspecified atom stereocenters. The van der Waals surface area contributed by atoms with E-state index in [-0.39, 0.29) is 12.1 Å². The van der Waals surface area contributed by atoms with Crippen LogP contribution < -0.4 is 0 Å². The highest BCUT2D eigenvalue weighted by Gasteiger charge is 2.16. The maximum Gasteiger partial charge on any atom is 0.310 e. The molecule has 6 nitrogen and oxygen atoms in total. The second kappa shape index (κ2) is 4.61. The Morgan fingerprint density at radius 3 is 2.62 bits per heavy atom. The van der Waals surface area contributed by atoms with Gasteiger partial charge in [0.15, 0.2) is 5.75 Å². The molecule has 1 atom stereocenters. The maximum absolute atomic E-state index is 10.6. The zero-order chi connectivity index (χ0) is 12.3. The first-order chi connectivity index (χ1) is 7.41. The van der Waals surface area contributed by atoms with Gasteiger partial charge in [-0.2, -0.15) is 0 Å². The molecule has 0 heterocycles. The van der Waals surface area contributed by atoms with E-state index >= 15 is 0 Å². The Labute approximate surface area is 91.3 Å². The van der Waals surface area contributed by atoms with Gasteiger partial charge in [0.2, 0.25) is 0 Å². The molecule has 1 aromatic carbocycles. The van der Waals surface area contributed by atoms with Crippen molar-refractivity contribution in [2.24, 2.45) is 5.92 Å². The minimum Gasteiger partial charge on any atom is -0.502 e. The van der Waals surface area contributed by atoms with Gasteiger partial charge >= 0.3 is 11.7 Å². The molecule has 0 bridgehead atoms. The molecule has 0 aliphatic rings. The molecule has 0 radical (unpaired) electrons. The van der Waals surface area contributed by atoms with Crippen LogP contribution in [0.15, 0.2) is 18.2 Å². The largest absolute Gasteiger partial charge is 0.502 e. The predicted molar refractivity (Wildman–Crippen MR) is 55.3 cm³/mol. The molecule has 0 amide bonds. The maximum atomic E-state index is 10.6. The number of nitro benzene ring substituents is 1. The van der Waals surface area contributed by atoms with Crippen molar-refractivity contribution >= 4 is 11.7 Å². The number of carbonyl (C=O) groups is 1. The van der Waals surface area contributed by atoms with E-state index in [1.807, 2.05) is 0 Å². The molecule has 0 fully saturated rings. The molecular weight excluding hydrogens is 214 g/mol. The molecule has 0 aliphatic carbocycles. The van der Waals surface area contributed by atoms with Crippen molar-refractivity contribution in [3.63, 3.8) is 0 Å². The fraction of sp³-hybridized carbons (Fsp3) is 0.300. The van der Waals surface area contributed by atoms with Crippen LogP contribution in [-0.4, -0.2) is 21.1 Å². The SMILES string of the molecule is CC(Cc1ccc([N+](=O)[O-])c(O)c1)C(=O)O. The summed E-state index contributed by atoms with van der Waals surface area (Å²) in [6.45, 7) is 1.53. The van der Waals surface area contributed by atoms with Crippen molar-refractivity contribution in [3.8, 4) is 5.75 Å². The Bertz CT molecular complexity index is 429. The fourth-order valence-corrected chi connectivity index (χ4v) is 1.29. The van der Waals surface area contributed by atoms with Crippen LogP contribution in [0, 0.1) is 16.0 Å². The van der Waals surface area contributed by atoms with Crippen LogP contribution >= 0.6 is 0 Å². The summed E-state index contributed by atoms with van der Waals surface area (Å²) in [5.41, 5.74) is 0.171. The Balaban J connectivity index is 2.89. The number of aliphatic carboxylic acids is 1. The number of carboxylic acid groups (broad SMARTS) is 1. The monoisotopic (exact) mass is 225 g/mol. The number of aromatic hydroxyl groups is 1. The van der Waals surface area contributed by atoms with Crippen LogP contribution in [0.1, 0.15) is 12.5 Å². The lowest BCUT2D eigenvalue weighted by Crippen LogP contribution is -2.12. The van der Waals surface area contributed by atoms with Crippen LogP contribution in [0.5, 0.6) is 5.75 Å². The van der Waals surface area contributed by atoms with Gasteiger partial charge in [-0.15, -0.1) is 0 Å². The second-order valence-electron chi connectivity index (χ2n) is 3.52. The van der Waals surface area contributed by atoms with Crippen molar-refractivity contribution in [1.29, 1.82) is 0 Å². The number of nitro groups is 1. The summed E-state index contributed by atoms with van der Waals surface area (Å²) in [6, 6.07) is 3.83. The van der Waals surface area contributed by atoms with Crippen LogP contribution in [0.25, 0.3) is 0 Å². The Morgan fingerprint density at radius 1 is 1.56 bits per heavy atom. The van der Waals surface area contributed by atoms with Gasteiger partial charge in [-0.05, 0) is 18.1 Å². The number of phenolic OH excluding ortho intramolecular Hbond substituents is 1. The average Bonchev–Trinajstić information content (AvgIpc) is 2.16. The number of carboxylic acids is 1. The third-order valence-electron chi connectivity index (χ3n) is 2.20. The van der Waals surface area contributed by atoms with Gasteiger partial charge in [-0.3, -0.25) is 14.9 Å². The fourth-order valence-electron chi connectivity index (χ4n) is 1.29. The molecule has 6 heteroatoms. The van der Waals surface area contributed by atoms with Crippen LogP contribution in [-0.2, 0) is 11.2 Å². The number of phenols is 1. The highest BCUT2D eigenvalue weighted by atomic mass is 16.6. The van der Waals surface area contributed by atoms with Gasteiger partial charge < -0.3 is 10.2 Å². The lowest BCUT2D eigenvalue weighted by Gasteiger charge is -2.06. The van der Waals surface area contributed by atoms with Crippen LogP contribution in [0.2, 0.25) is 0 Å². The Morgan fingerprint density at radius 2 is 2.19 bits per heavy atom. The molecular formula is C10H11NO5. The van der Waals surface area contributed by atoms with Crippen molar-refractivity contribution < 1.29 is 19.9 Å². The van der Waals surface area contributed by atoms with Gasteiger partial charge in [-0.25, -0.2) is 0 Å². The van der Waals surface area contributed by atoms with Gasteiger partial charge in [-0.1, -0.05) is 13.0 Å². The number of hydrogen-bond donors (Lipinski definition) is 2. The topological polar surface area (TPSA) is 101 Å². The van der Waals surface area contributed by atoms with E-state index in [0.717, 1.165) is 0 Å². The summed E-state index contributed by atoms with van der Waals surface area (Å²) in [5, 5.41) is 28.4. The van der Waals surface area contributed by atoms with Gasteiger partial charge in [0.25, 0.3) is 0 Å². The first-order valence-corrected chi connectivity index (χ1v) is 4.61. The third-order valence-corrected chi connectivity index (χ3v) is 2.20. The second-order valence-corrected chi connectivity index (χ2v) is 3.52. The van der Waals surface area contributed by atoms with Gasteiger partial charge in [0, 0.05) is 6.07 Å². The molecule has 16 heavy (non-hydrogen) atoms. The van der Waals surface area contributed by atoms with Gasteiger partial charge in [0.05, 0.1) is 10.8 Å². The minimum absolute atomic E-state index is 0.223. The highest BCUT2D eigenvalue weighted by Crippen LogP contribution is 2.27. The van der Waals surface area contributed by atoms with E-state index in [4.69, 9.17) is 5.11 Å². The van der Waals surface area contributed by atoms with Crippen molar-refractivity contribution in [2.45, 2.75) is 13.3 Å². The summed E-state index contributed by atoms with van der Waals surface area (Å²) in [6.07, 6.45) is 0.223. The summed E-state index contributed by atoms with van der Waals surface area (Å²) < 4.78 is 0. The lowest BCUT2D eigenvalue weighted by molar-refractivity contribution is -0.385. The highest BCUT2D eigenvalue weighted by molar-refractivity contribution is 5.70. The molecule has 2 N–H and O–H groups in total.